The maximum atomic E-state index is 12.5. The molecule has 2 aromatic heterocycles. The summed E-state index contributed by atoms with van der Waals surface area (Å²) in [5.41, 5.74) is 2.55. The smallest absolute Gasteiger partial charge is 0.252 e. The molecule has 4 rings (SSSR count). The third kappa shape index (κ3) is 4.74. The van der Waals surface area contributed by atoms with Crippen LogP contribution in [0.4, 0.5) is 5.95 Å². The van der Waals surface area contributed by atoms with E-state index in [-0.39, 0.29) is 17.4 Å². The number of pyridine rings is 1. The third-order valence-corrected chi connectivity index (χ3v) is 5.40. The average Bonchev–Trinajstić information content (AvgIpc) is 3.13. The molecule has 0 bridgehead atoms. The molecule has 0 saturated carbocycles. The van der Waals surface area contributed by atoms with Gasteiger partial charge in [0, 0.05) is 44.7 Å². The monoisotopic (exact) mass is 403 g/mol. The van der Waals surface area contributed by atoms with Gasteiger partial charge in [0.05, 0.1) is 17.9 Å². The highest BCUT2D eigenvalue weighted by Gasteiger charge is 2.32. The van der Waals surface area contributed by atoms with E-state index in [0.717, 1.165) is 18.7 Å². The van der Waals surface area contributed by atoms with Crippen molar-refractivity contribution in [3.8, 4) is 0 Å². The number of anilines is 1. The highest BCUT2D eigenvalue weighted by Crippen LogP contribution is 2.28. The van der Waals surface area contributed by atoms with Gasteiger partial charge in [-0.05, 0) is 24.1 Å². The number of nitrogens with zero attached hydrogens (tertiary/aromatic N) is 4. The largest absolute Gasteiger partial charge is 0.345 e. The lowest BCUT2D eigenvalue weighted by Gasteiger charge is -2.19. The minimum Gasteiger partial charge on any atom is -0.345 e. The Kier molecular flexibility index (Phi) is 5.88. The van der Waals surface area contributed by atoms with Crippen LogP contribution in [0.5, 0.6) is 0 Å². The number of carbonyl (C=O) groups excluding carboxylic acids is 1. The molecule has 7 heteroatoms. The minimum absolute atomic E-state index is 0.0618. The van der Waals surface area contributed by atoms with Crippen LogP contribution in [0.1, 0.15) is 29.3 Å². The van der Waals surface area contributed by atoms with E-state index in [1.807, 2.05) is 48.3 Å². The number of likely N-dealkylation sites (tertiary alicyclic amines) is 1. The number of hydrogen-bond donors (Lipinski definition) is 1. The summed E-state index contributed by atoms with van der Waals surface area (Å²) in [5, 5.41) is 0. The molecule has 3 heterocycles. The first kappa shape index (κ1) is 19.8. The average molecular weight is 403 g/mol. The second kappa shape index (κ2) is 8.90. The zero-order valence-corrected chi connectivity index (χ0v) is 17.0. The molecule has 7 nitrogen and oxygen atoms in total. The van der Waals surface area contributed by atoms with Crippen LogP contribution in [0.15, 0.2) is 65.6 Å². The van der Waals surface area contributed by atoms with Crippen molar-refractivity contribution in [3.63, 3.8) is 0 Å². The highest BCUT2D eigenvalue weighted by atomic mass is 16.2. The van der Waals surface area contributed by atoms with Gasteiger partial charge >= 0.3 is 0 Å². The first-order valence-corrected chi connectivity index (χ1v) is 10.1. The Morgan fingerprint density at radius 2 is 1.93 bits per heavy atom. The lowest BCUT2D eigenvalue weighted by molar-refractivity contribution is -0.128. The van der Waals surface area contributed by atoms with Crippen LogP contribution in [-0.4, -0.2) is 45.9 Å². The summed E-state index contributed by atoms with van der Waals surface area (Å²) < 4.78 is 0. The van der Waals surface area contributed by atoms with Crippen LogP contribution >= 0.6 is 0 Å². The summed E-state index contributed by atoms with van der Waals surface area (Å²) in [6.07, 6.45) is 2.94. The van der Waals surface area contributed by atoms with Crippen LogP contribution in [0, 0.1) is 0 Å². The van der Waals surface area contributed by atoms with E-state index in [9.17, 15) is 9.59 Å². The number of aromatic amines is 1. The SMILES string of the molecule is CN(CCc1ccccc1)c1nc([C@@H]2CC(=O)N(Cc3ccccn3)C2)cc(=O)[nH]1. The fraction of sp³-hybridized carbons (Fsp3) is 0.304. The van der Waals surface area contributed by atoms with Gasteiger partial charge in [-0.3, -0.25) is 19.6 Å². The van der Waals surface area contributed by atoms with Crippen molar-refractivity contribution < 1.29 is 4.79 Å². The quantitative estimate of drug-likeness (QED) is 0.655. The summed E-state index contributed by atoms with van der Waals surface area (Å²) in [5.74, 6) is 0.501. The van der Waals surface area contributed by atoms with E-state index in [2.05, 4.69) is 27.1 Å². The van der Waals surface area contributed by atoms with Gasteiger partial charge in [-0.1, -0.05) is 36.4 Å². The number of H-pyrrole nitrogens is 1. The van der Waals surface area contributed by atoms with Gasteiger partial charge in [0.15, 0.2) is 0 Å². The second-order valence-electron chi connectivity index (χ2n) is 7.65. The van der Waals surface area contributed by atoms with Crippen molar-refractivity contribution in [2.75, 3.05) is 25.0 Å². The maximum Gasteiger partial charge on any atom is 0.252 e. The number of nitrogens with one attached hydrogen (secondary N) is 1. The number of amides is 1. The molecular formula is C23H25N5O2. The Morgan fingerprint density at radius 1 is 1.13 bits per heavy atom. The first-order valence-electron chi connectivity index (χ1n) is 10.1. The first-order chi connectivity index (χ1) is 14.6. The third-order valence-electron chi connectivity index (χ3n) is 5.40. The number of rotatable bonds is 7. The molecule has 1 aliphatic heterocycles. The molecule has 0 spiro atoms. The van der Waals surface area contributed by atoms with Crippen molar-refractivity contribution in [3.05, 3.63) is 88.1 Å². The lowest BCUT2D eigenvalue weighted by Crippen LogP contribution is -2.27. The fourth-order valence-corrected chi connectivity index (χ4v) is 3.71. The van der Waals surface area contributed by atoms with Crippen molar-refractivity contribution in [2.24, 2.45) is 0 Å². The van der Waals surface area contributed by atoms with Crippen molar-refractivity contribution in [1.29, 1.82) is 0 Å². The molecule has 0 radical (unpaired) electrons. The summed E-state index contributed by atoms with van der Waals surface area (Å²) in [6, 6.07) is 17.4. The summed E-state index contributed by atoms with van der Waals surface area (Å²) in [6.45, 7) is 1.74. The van der Waals surface area contributed by atoms with Crippen LogP contribution < -0.4 is 10.5 Å². The number of aromatic nitrogens is 3. The Morgan fingerprint density at radius 3 is 2.70 bits per heavy atom. The van der Waals surface area contributed by atoms with Crippen molar-refractivity contribution in [1.82, 2.24) is 19.9 Å². The van der Waals surface area contributed by atoms with Gasteiger partial charge in [-0.2, -0.15) is 0 Å². The minimum atomic E-state index is -0.197. The zero-order chi connectivity index (χ0) is 20.9. The number of likely N-dealkylation sites (N-methyl/N-ethyl adjacent to an activating group) is 1. The zero-order valence-electron chi connectivity index (χ0n) is 17.0. The lowest BCUT2D eigenvalue weighted by atomic mass is 10.0. The Labute approximate surface area is 175 Å². The van der Waals surface area contributed by atoms with Gasteiger partial charge in [0.2, 0.25) is 11.9 Å². The van der Waals surface area contributed by atoms with E-state index in [4.69, 9.17) is 0 Å². The fourth-order valence-electron chi connectivity index (χ4n) is 3.71. The van der Waals surface area contributed by atoms with Crippen LogP contribution in [0.3, 0.4) is 0 Å². The molecule has 1 amide bonds. The summed E-state index contributed by atoms with van der Waals surface area (Å²) >= 11 is 0. The van der Waals surface area contributed by atoms with Gasteiger partial charge < -0.3 is 9.80 Å². The van der Waals surface area contributed by atoms with Crippen LogP contribution in [0.25, 0.3) is 0 Å². The number of carbonyl (C=O) groups is 1. The van der Waals surface area contributed by atoms with Gasteiger partial charge in [-0.15, -0.1) is 0 Å². The van der Waals surface area contributed by atoms with Gasteiger partial charge in [0.1, 0.15) is 0 Å². The molecule has 1 saturated heterocycles. The van der Waals surface area contributed by atoms with Crippen molar-refractivity contribution >= 4 is 11.9 Å². The molecule has 1 N–H and O–H groups in total. The predicted molar refractivity (Wildman–Crippen MR) is 115 cm³/mol. The Balaban J connectivity index is 1.45. The van der Waals surface area contributed by atoms with Crippen molar-refractivity contribution in [2.45, 2.75) is 25.3 Å². The Hall–Kier alpha value is -3.48. The summed E-state index contributed by atoms with van der Waals surface area (Å²) in [7, 11) is 1.91. The molecule has 1 fully saturated rings. The molecule has 1 aliphatic rings. The standard InChI is InChI=1S/C23H25N5O2/c1-27(12-10-17-7-3-2-4-8-17)23-25-20(14-21(29)26-23)18-13-22(30)28(15-18)16-19-9-5-6-11-24-19/h2-9,11,14,18H,10,12-13,15-16H2,1H3,(H,25,26,29)/t18-/m1/s1. The summed E-state index contributed by atoms with van der Waals surface area (Å²) in [4.78, 5) is 40.3. The Bertz CT molecular complexity index is 1050. The highest BCUT2D eigenvalue weighted by molar-refractivity contribution is 5.79. The molecule has 0 aliphatic carbocycles. The maximum absolute atomic E-state index is 12.5. The molecular weight excluding hydrogens is 378 g/mol. The molecule has 154 valence electrons. The molecule has 1 aromatic carbocycles. The van der Waals surface area contributed by atoms with E-state index in [1.165, 1.54) is 11.6 Å². The van der Waals surface area contributed by atoms with Gasteiger partial charge in [-0.25, -0.2) is 4.98 Å². The van der Waals surface area contributed by atoms with E-state index in [0.29, 0.717) is 31.2 Å². The van der Waals surface area contributed by atoms with E-state index in [1.54, 1.807) is 11.1 Å². The molecule has 0 unspecified atom stereocenters. The van der Waals surface area contributed by atoms with E-state index < -0.39 is 0 Å². The topological polar surface area (TPSA) is 82.2 Å². The predicted octanol–water partition coefficient (Wildman–Crippen LogP) is 2.36. The molecule has 1 atom stereocenters. The normalized spacial score (nSPS) is 16.1. The second-order valence-corrected chi connectivity index (χ2v) is 7.65. The molecule has 3 aromatic rings. The van der Waals surface area contributed by atoms with E-state index >= 15 is 0 Å². The number of hydrogen-bond acceptors (Lipinski definition) is 5. The van der Waals surface area contributed by atoms with Gasteiger partial charge in [0.25, 0.3) is 5.56 Å². The van der Waals surface area contributed by atoms with Crippen LogP contribution in [0.2, 0.25) is 0 Å². The molecule has 30 heavy (non-hydrogen) atoms. The number of benzene rings is 1. The van der Waals surface area contributed by atoms with Crippen LogP contribution in [-0.2, 0) is 17.8 Å².